The van der Waals surface area contributed by atoms with Crippen LogP contribution < -0.4 is 9.62 Å². The molecule has 0 fully saturated rings. The zero-order valence-electron chi connectivity index (χ0n) is 18.3. The first-order valence-corrected chi connectivity index (χ1v) is 12.7. The van der Waals surface area contributed by atoms with Gasteiger partial charge in [-0.15, -0.1) is 0 Å². The van der Waals surface area contributed by atoms with Gasteiger partial charge in [0.1, 0.15) is 6.54 Å². The number of hydrogen-bond acceptors (Lipinski definition) is 3. The maximum atomic E-state index is 13.5. The van der Waals surface area contributed by atoms with E-state index in [9.17, 15) is 13.2 Å². The van der Waals surface area contributed by atoms with E-state index >= 15 is 0 Å². The summed E-state index contributed by atoms with van der Waals surface area (Å²) in [7, 11) is -4.06. The Morgan fingerprint density at radius 2 is 1.53 bits per heavy atom. The third-order valence-electron chi connectivity index (χ3n) is 5.39. The fourth-order valence-electron chi connectivity index (χ4n) is 3.66. The molecule has 4 rings (SSSR count). The zero-order valence-corrected chi connectivity index (χ0v) is 20.7. The summed E-state index contributed by atoms with van der Waals surface area (Å²) in [5.41, 5.74) is 2.06. The number of anilines is 1. The average Bonchev–Trinajstić information content (AvgIpc) is 2.80. The van der Waals surface area contributed by atoms with Crippen LogP contribution in [-0.2, 0) is 21.4 Å². The van der Waals surface area contributed by atoms with E-state index in [4.69, 9.17) is 23.2 Å². The molecule has 0 heterocycles. The first kappa shape index (κ1) is 24.1. The Balaban J connectivity index is 1.62. The SMILES string of the molecule is Cc1ccc(S(=O)(=O)N(CC(=O)NCc2cccc3ccccc23)c2cc(Cl)cc(Cl)c2)cc1. The van der Waals surface area contributed by atoms with Gasteiger partial charge in [0.25, 0.3) is 10.0 Å². The van der Waals surface area contributed by atoms with Crippen LogP contribution in [0.25, 0.3) is 10.8 Å². The molecule has 0 aliphatic rings. The predicted octanol–water partition coefficient (Wildman–Crippen LogP) is 5.97. The van der Waals surface area contributed by atoms with Crippen molar-refractivity contribution >= 4 is 55.6 Å². The quantitative estimate of drug-likeness (QED) is 0.331. The van der Waals surface area contributed by atoms with Gasteiger partial charge in [0.2, 0.25) is 5.91 Å². The highest BCUT2D eigenvalue weighted by Gasteiger charge is 2.27. The Labute approximate surface area is 209 Å². The van der Waals surface area contributed by atoms with Gasteiger partial charge in [0.05, 0.1) is 10.6 Å². The van der Waals surface area contributed by atoms with Crippen molar-refractivity contribution in [3.8, 4) is 0 Å². The van der Waals surface area contributed by atoms with Crippen LogP contribution in [0.3, 0.4) is 0 Å². The molecule has 4 aromatic rings. The number of fused-ring (bicyclic) bond motifs is 1. The van der Waals surface area contributed by atoms with Gasteiger partial charge in [-0.05, 0) is 53.6 Å². The maximum Gasteiger partial charge on any atom is 0.264 e. The number of aryl methyl sites for hydroxylation is 1. The number of benzene rings is 4. The number of carbonyl (C=O) groups excluding carboxylic acids is 1. The molecule has 174 valence electrons. The lowest BCUT2D eigenvalue weighted by molar-refractivity contribution is -0.119. The highest BCUT2D eigenvalue weighted by atomic mass is 35.5. The summed E-state index contributed by atoms with van der Waals surface area (Å²) >= 11 is 12.3. The molecule has 0 unspecified atom stereocenters. The highest BCUT2D eigenvalue weighted by Crippen LogP contribution is 2.30. The van der Waals surface area contributed by atoms with Crippen LogP contribution in [0.5, 0.6) is 0 Å². The van der Waals surface area contributed by atoms with Gasteiger partial charge in [-0.3, -0.25) is 9.10 Å². The first-order chi connectivity index (χ1) is 16.2. The Morgan fingerprint density at radius 1 is 0.882 bits per heavy atom. The van der Waals surface area contributed by atoms with Crippen LogP contribution in [0.1, 0.15) is 11.1 Å². The molecule has 0 saturated heterocycles. The molecule has 0 atom stereocenters. The Morgan fingerprint density at radius 3 is 2.24 bits per heavy atom. The summed E-state index contributed by atoms with van der Waals surface area (Å²) in [4.78, 5) is 13.0. The first-order valence-electron chi connectivity index (χ1n) is 10.5. The van der Waals surface area contributed by atoms with E-state index < -0.39 is 22.5 Å². The monoisotopic (exact) mass is 512 g/mol. The second kappa shape index (κ2) is 10.1. The minimum absolute atomic E-state index is 0.0658. The molecule has 1 amide bonds. The van der Waals surface area contributed by atoms with Crippen molar-refractivity contribution in [2.45, 2.75) is 18.4 Å². The standard InChI is InChI=1S/C26H22Cl2N2O3S/c1-18-9-11-24(12-10-18)34(32,33)30(23-14-21(27)13-22(28)15-23)17-26(31)29-16-20-7-4-6-19-5-2-3-8-25(19)20/h2-15H,16-17H2,1H3,(H,29,31). The highest BCUT2D eigenvalue weighted by molar-refractivity contribution is 7.92. The summed E-state index contributed by atoms with van der Waals surface area (Å²) < 4.78 is 28.0. The van der Waals surface area contributed by atoms with Crippen LogP contribution in [0, 0.1) is 6.92 Å². The maximum absolute atomic E-state index is 13.5. The lowest BCUT2D eigenvalue weighted by Gasteiger charge is -2.24. The van der Waals surface area contributed by atoms with E-state index in [1.165, 1.54) is 30.3 Å². The van der Waals surface area contributed by atoms with Gasteiger partial charge >= 0.3 is 0 Å². The van der Waals surface area contributed by atoms with E-state index in [2.05, 4.69) is 5.32 Å². The van der Waals surface area contributed by atoms with Crippen molar-refractivity contribution in [1.82, 2.24) is 5.32 Å². The molecule has 0 aromatic heterocycles. The molecule has 0 aliphatic heterocycles. The second-order valence-electron chi connectivity index (χ2n) is 7.87. The summed E-state index contributed by atoms with van der Waals surface area (Å²) in [6.45, 7) is 1.69. The third kappa shape index (κ3) is 5.36. The molecular formula is C26H22Cl2N2O3S. The summed E-state index contributed by atoms with van der Waals surface area (Å²) in [5.74, 6) is -0.459. The molecule has 4 aromatic carbocycles. The predicted molar refractivity (Wildman–Crippen MR) is 138 cm³/mol. The van der Waals surface area contributed by atoms with E-state index in [1.807, 2.05) is 49.4 Å². The van der Waals surface area contributed by atoms with Crippen molar-refractivity contribution in [1.29, 1.82) is 0 Å². The lowest BCUT2D eigenvalue weighted by atomic mass is 10.0. The molecule has 0 bridgehead atoms. The minimum atomic E-state index is -4.06. The summed E-state index contributed by atoms with van der Waals surface area (Å²) in [6, 6.07) is 24.6. The summed E-state index contributed by atoms with van der Waals surface area (Å²) in [5, 5.41) is 5.46. The van der Waals surface area contributed by atoms with Crippen LogP contribution in [0.15, 0.2) is 89.8 Å². The molecule has 5 nitrogen and oxygen atoms in total. The Kier molecular flexibility index (Phi) is 7.12. The van der Waals surface area contributed by atoms with Gasteiger partial charge < -0.3 is 5.32 Å². The smallest absolute Gasteiger partial charge is 0.264 e. The molecule has 8 heteroatoms. The minimum Gasteiger partial charge on any atom is -0.350 e. The third-order valence-corrected chi connectivity index (χ3v) is 7.61. The van der Waals surface area contributed by atoms with Crippen molar-refractivity contribution in [2.75, 3.05) is 10.8 Å². The number of halogens is 2. The Hall–Kier alpha value is -3.06. The molecule has 34 heavy (non-hydrogen) atoms. The summed E-state index contributed by atoms with van der Waals surface area (Å²) in [6.07, 6.45) is 0. The molecular weight excluding hydrogens is 491 g/mol. The number of sulfonamides is 1. The molecule has 0 radical (unpaired) electrons. The topological polar surface area (TPSA) is 66.5 Å². The van der Waals surface area contributed by atoms with Gasteiger partial charge in [0.15, 0.2) is 0 Å². The fourth-order valence-corrected chi connectivity index (χ4v) is 5.58. The number of rotatable bonds is 7. The fraction of sp³-hybridized carbons (Fsp3) is 0.115. The van der Waals surface area contributed by atoms with Crippen molar-refractivity contribution in [2.24, 2.45) is 0 Å². The number of nitrogens with zero attached hydrogens (tertiary/aromatic N) is 1. The number of carbonyl (C=O) groups is 1. The van der Waals surface area contributed by atoms with Crippen molar-refractivity contribution in [3.63, 3.8) is 0 Å². The van der Waals surface area contributed by atoms with Crippen LogP contribution in [0.4, 0.5) is 5.69 Å². The number of hydrogen-bond donors (Lipinski definition) is 1. The zero-order chi connectivity index (χ0) is 24.3. The molecule has 0 spiro atoms. The normalized spacial score (nSPS) is 11.4. The van der Waals surface area contributed by atoms with Gasteiger partial charge in [0, 0.05) is 16.6 Å². The van der Waals surface area contributed by atoms with Crippen LogP contribution in [-0.4, -0.2) is 20.9 Å². The van der Waals surface area contributed by atoms with E-state index in [0.717, 1.165) is 26.2 Å². The molecule has 0 saturated carbocycles. The van der Waals surface area contributed by atoms with Crippen LogP contribution >= 0.6 is 23.2 Å². The number of amides is 1. The van der Waals surface area contributed by atoms with Crippen molar-refractivity contribution < 1.29 is 13.2 Å². The van der Waals surface area contributed by atoms with Gasteiger partial charge in [-0.1, -0.05) is 83.4 Å². The second-order valence-corrected chi connectivity index (χ2v) is 10.6. The average molecular weight is 513 g/mol. The largest absolute Gasteiger partial charge is 0.350 e. The van der Waals surface area contributed by atoms with Crippen molar-refractivity contribution in [3.05, 3.63) is 106 Å². The van der Waals surface area contributed by atoms with Gasteiger partial charge in [-0.2, -0.15) is 0 Å². The van der Waals surface area contributed by atoms with Crippen LogP contribution in [0.2, 0.25) is 10.0 Å². The lowest BCUT2D eigenvalue weighted by Crippen LogP contribution is -2.40. The Bertz CT molecular complexity index is 1430. The number of nitrogens with one attached hydrogen (secondary N) is 1. The van der Waals surface area contributed by atoms with Gasteiger partial charge in [-0.25, -0.2) is 8.42 Å². The molecule has 1 N–H and O–H groups in total. The van der Waals surface area contributed by atoms with E-state index in [1.54, 1.807) is 12.1 Å². The molecule has 0 aliphatic carbocycles. The van der Waals surface area contributed by atoms with E-state index in [-0.39, 0.29) is 27.2 Å². The van der Waals surface area contributed by atoms with E-state index in [0.29, 0.717) is 0 Å².